The van der Waals surface area contributed by atoms with Crippen molar-refractivity contribution in [2.45, 2.75) is 57.7 Å². The van der Waals surface area contributed by atoms with Gasteiger partial charge in [0, 0.05) is 18.0 Å². The molecule has 2 N–H and O–H groups in total. The first-order valence-electron chi connectivity index (χ1n) is 7.40. The van der Waals surface area contributed by atoms with Gasteiger partial charge in [-0.1, -0.05) is 19.8 Å². The van der Waals surface area contributed by atoms with E-state index in [0.29, 0.717) is 18.7 Å². The predicted octanol–water partition coefficient (Wildman–Crippen LogP) is 2.31. The molecule has 1 saturated heterocycles. The van der Waals surface area contributed by atoms with Crippen molar-refractivity contribution in [3.8, 4) is 0 Å². The lowest BCUT2D eigenvalue weighted by Gasteiger charge is -2.43. The zero-order valence-corrected chi connectivity index (χ0v) is 12.4. The lowest BCUT2D eigenvalue weighted by Crippen LogP contribution is -2.52. The number of fused-ring (bicyclic) bond motifs is 1. The largest absolute Gasteiger partial charge is 0.374 e. The fourth-order valence-electron chi connectivity index (χ4n) is 3.26. The highest BCUT2D eigenvalue weighted by atomic mass is 32.1. The SMILES string of the molecule is CCc1nc(N2CCOC3CCCCC32)sc1CN. The van der Waals surface area contributed by atoms with Crippen LogP contribution in [0.15, 0.2) is 0 Å². The summed E-state index contributed by atoms with van der Waals surface area (Å²) < 4.78 is 5.93. The second kappa shape index (κ2) is 5.77. The molecular weight excluding hydrogens is 258 g/mol. The highest BCUT2D eigenvalue weighted by Crippen LogP contribution is 2.35. The predicted molar refractivity (Wildman–Crippen MR) is 78.7 cm³/mol. The molecule has 106 valence electrons. The Morgan fingerprint density at radius 1 is 1.42 bits per heavy atom. The van der Waals surface area contributed by atoms with Gasteiger partial charge in [-0.05, 0) is 19.3 Å². The number of hydrogen-bond donors (Lipinski definition) is 1. The van der Waals surface area contributed by atoms with Gasteiger partial charge in [-0.2, -0.15) is 0 Å². The van der Waals surface area contributed by atoms with E-state index in [1.807, 2.05) is 0 Å². The number of anilines is 1. The summed E-state index contributed by atoms with van der Waals surface area (Å²) in [6.45, 7) is 4.57. The number of aryl methyl sites for hydroxylation is 1. The molecule has 1 aromatic heterocycles. The van der Waals surface area contributed by atoms with E-state index in [9.17, 15) is 0 Å². The molecule has 0 radical (unpaired) electrons. The molecule has 1 aliphatic heterocycles. The third-order valence-corrected chi connectivity index (χ3v) is 5.42. The molecule has 1 saturated carbocycles. The summed E-state index contributed by atoms with van der Waals surface area (Å²) in [6, 6.07) is 0.531. The van der Waals surface area contributed by atoms with Crippen LogP contribution < -0.4 is 10.6 Å². The van der Waals surface area contributed by atoms with Gasteiger partial charge in [0.05, 0.1) is 24.4 Å². The summed E-state index contributed by atoms with van der Waals surface area (Å²) in [4.78, 5) is 8.55. The molecule has 5 heteroatoms. The van der Waals surface area contributed by atoms with Gasteiger partial charge in [0.15, 0.2) is 5.13 Å². The minimum absolute atomic E-state index is 0.415. The summed E-state index contributed by atoms with van der Waals surface area (Å²) in [5, 5.41) is 1.16. The van der Waals surface area contributed by atoms with Crippen molar-refractivity contribution in [2.24, 2.45) is 5.73 Å². The van der Waals surface area contributed by atoms with Crippen molar-refractivity contribution in [2.75, 3.05) is 18.1 Å². The molecular formula is C14H23N3OS. The van der Waals surface area contributed by atoms with Gasteiger partial charge in [0.1, 0.15) is 0 Å². The Bertz CT molecular complexity index is 411. The highest BCUT2D eigenvalue weighted by molar-refractivity contribution is 7.15. The second-order valence-corrected chi connectivity index (χ2v) is 6.44. The smallest absolute Gasteiger partial charge is 0.186 e. The van der Waals surface area contributed by atoms with Gasteiger partial charge in [-0.3, -0.25) is 0 Å². The van der Waals surface area contributed by atoms with Gasteiger partial charge in [-0.25, -0.2) is 4.98 Å². The monoisotopic (exact) mass is 281 g/mol. The Balaban J connectivity index is 1.85. The molecule has 2 fully saturated rings. The molecule has 1 aromatic rings. The van der Waals surface area contributed by atoms with Crippen molar-refractivity contribution in [1.82, 2.24) is 4.98 Å². The zero-order valence-electron chi connectivity index (χ0n) is 11.6. The Morgan fingerprint density at radius 3 is 3.00 bits per heavy atom. The van der Waals surface area contributed by atoms with Gasteiger partial charge in [-0.15, -0.1) is 11.3 Å². The minimum Gasteiger partial charge on any atom is -0.374 e. The van der Waals surface area contributed by atoms with E-state index < -0.39 is 0 Å². The Hall–Kier alpha value is -0.650. The fourth-order valence-corrected chi connectivity index (χ4v) is 4.37. The molecule has 0 aromatic carbocycles. The molecule has 3 rings (SSSR count). The molecule has 0 amide bonds. The molecule has 2 aliphatic rings. The lowest BCUT2D eigenvalue weighted by atomic mass is 9.90. The number of thiazole rings is 1. The van der Waals surface area contributed by atoms with Crippen molar-refractivity contribution in [1.29, 1.82) is 0 Å². The molecule has 2 unspecified atom stereocenters. The summed E-state index contributed by atoms with van der Waals surface area (Å²) >= 11 is 1.78. The number of nitrogens with two attached hydrogens (primary N) is 1. The van der Waals surface area contributed by atoms with Crippen LogP contribution >= 0.6 is 11.3 Å². The van der Waals surface area contributed by atoms with Crippen LogP contribution in [0.3, 0.4) is 0 Å². The summed E-state index contributed by atoms with van der Waals surface area (Å²) in [6.07, 6.45) is 6.46. The van der Waals surface area contributed by atoms with Gasteiger partial charge in [0.2, 0.25) is 0 Å². The minimum atomic E-state index is 0.415. The van der Waals surface area contributed by atoms with Crippen LogP contribution in [0.4, 0.5) is 5.13 Å². The van der Waals surface area contributed by atoms with Crippen LogP contribution in [0.2, 0.25) is 0 Å². The molecule has 2 atom stereocenters. The highest BCUT2D eigenvalue weighted by Gasteiger charge is 2.35. The molecule has 2 heterocycles. The van der Waals surface area contributed by atoms with E-state index in [0.717, 1.165) is 24.7 Å². The third-order valence-electron chi connectivity index (χ3n) is 4.27. The average Bonchev–Trinajstić information content (AvgIpc) is 2.89. The van der Waals surface area contributed by atoms with Crippen molar-refractivity contribution in [3.63, 3.8) is 0 Å². The summed E-state index contributed by atoms with van der Waals surface area (Å²) in [7, 11) is 0. The van der Waals surface area contributed by atoms with Crippen LogP contribution in [-0.2, 0) is 17.7 Å². The fraction of sp³-hybridized carbons (Fsp3) is 0.786. The normalized spacial score (nSPS) is 27.4. The second-order valence-electron chi connectivity index (χ2n) is 5.38. The van der Waals surface area contributed by atoms with Gasteiger partial charge in [0.25, 0.3) is 0 Å². The Kier molecular flexibility index (Phi) is 4.05. The standard InChI is InChI=1S/C14H23N3OS/c1-2-10-13(9-15)19-14(16-10)17-7-8-18-12-6-4-3-5-11(12)17/h11-12H,2-9,15H2,1H3. The van der Waals surface area contributed by atoms with Gasteiger partial charge >= 0.3 is 0 Å². The topological polar surface area (TPSA) is 51.4 Å². The van der Waals surface area contributed by atoms with E-state index in [4.69, 9.17) is 15.5 Å². The quantitative estimate of drug-likeness (QED) is 0.924. The van der Waals surface area contributed by atoms with Crippen LogP contribution in [0.5, 0.6) is 0 Å². The number of aromatic nitrogens is 1. The van der Waals surface area contributed by atoms with E-state index in [1.165, 1.54) is 36.3 Å². The van der Waals surface area contributed by atoms with E-state index in [1.54, 1.807) is 11.3 Å². The first-order chi connectivity index (χ1) is 9.33. The van der Waals surface area contributed by atoms with E-state index in [2.05, 4.69) is 11.8 Å². The maximum atomic E-state index is 5.93. The van der Waals surface area contributed by atoms with Crippen molar-refractivity contribution >= 4 is 16.5 Å². The van der Waals surface area contributed by atoms with Crippen LogP contribution in [0.25, 0.3) is 0 Å². The molecule has 1 aliphatic carbocycles. The molecule has 0 bridgehead atoms. The number of nitrogens with zero attached hydrogens (tertiary/aromatic N) is 2. The van der Waals surface area contributed by atoms with Crippen molar-refractivity contribution in [3.05, 3.63) is 10.6 Å². The first kappa shape index (κ1) is 13.3. The van der Waals surface area contributed by atoms with E-state index >= 15 is 0 Å². The van der Waals surface area contributed by atoms with Crippen LogP contribution in [-0.4, -0.2) is 30.3 Å². The van der Waals surface area contributed by atoms with Gasteiger partial charge < -0.3 is 15.4 Å². The molecule has 19 heavy (non-hydrogen) atoms. The average molecular weight is 281 g/mol. The summed E-state index contributed by atoms with van der Waals surface area (Å²) in [5.41, 5.74) is 7.01. The zero-order chi connectivity index (χ0) is 13.2. The van der Waals surface area contributed by atoms with Crippen molar-refractivity contribution < 1.29 is 4.74 Å². The number of morpholine rings is 1. The number of rotatable bonds is 3. The Morgan fingerprint density at radius 2 is 2.26 bits per heavy atom. The number of hydrogen-bond acceptors (Lipinski definition) is 5. The maximum absolute atomic E-state index is 5.93. The number of ether oxygens (including phenoxy) is 1. The Labute approximate surface area is 119 Å². The first-order valence-corrected chi connectivity index (χ1v) is 8.22. The molecule has 0 spiro atoms. The van der Waals surface area contributed by atoms with Crippen LogP contribution in [0.1, 0.15) is 43.2 Å². The summed E-state index contributed by atoms with van der Waals surface area (Å²) in [5.74, 6) is 0. The van der Waals surface area contributed by atoms with E-state index in [-0.39, 0.29) is 0 Å². The molecule has 4 nitrogen and oxygen atoms in total. The maximum Gasteiger partial charge on any atom is 0.186 e. The lowest BCUT2D eigenvalue weighted by molar-refractivity contribution is -0.00869. The van der Waals surface area contributed by atoms with Crippen LogP contribution in [0, 0.1) is 0 Å². The third kappa shape index (κ3) is 2.51.